The molecule has 14 heavy (non-hydrogen) atoms. The molecular formula is C10H17BN2O. The summed E-state index contributed by atoms with van der Waals surface area (Å²) in [5, 5.41) is -0.205. The number of amidine groups is 1. The van der Waals surface area contributed by atoms with Gasteiger partial charge in [-0.2, -0.15) is 0 Å². The van der Waals surface area contributed by atoms with Gasteiger partial charge in [-0.15, -0.1) is 0 Å². The van der Waals surface area contributed by atoms with Crippen LogP contribution in [0, 0.1) is 0 Å². The van der Waals surface area contributed by atoms with Gasteiger partial charge in [0.05, 0.1) is 13.9 Å². The summed E-state index contributed by atoms with van der Waals surface area (Å²) in [5.74, 6) is 0. The van der Waals surface area contributed by atoms with E-state index >= 15 is 0 Å². The molecule has 3 unspecified atom stereocenters. The van der Waals surface area contributed by atoms with E-state index < -0.39 is 0 Å². The number of hydrogen-bond donors (Lipinski definition) is 0. The van der Waals surface area contributed by atoms with Crippen LogP contribution in [0.4, 0.5) is 0 Å². The molecule has 0 spiro atoms. The molecular weight excluding hydrogens is 175 g/mol. The van der Waals surface area contributed by atoms with Gasteiger partial charge in [0, 0.05) is 14.1 Å². The Morgan fingerprint density at radius 1 is 1.64 bits per heavy atom. The lowest BCUT2D eigenvalue weighted by Gasteiger charge is -2.39. The van der Waals surface area contributed by atoms with Crippen LogP contribution >= 0.6 is 0 Å². The van der Waals surface area contributed by atoms with Gasteiger partial charge < -0.3 is 9.64 Å². The lowest BCUT2D eigenvalue weighted by Crippen LogP contribution is -2.43. The van der Waals surface area contributed by atoms with Gasteiger partial charge in [0.2, 0.25) is 0 Å². The second-order valence-corrected chi connectivity index (χ2v) is 4.62. The zero-order valence-corrected chi connectivity index (χ0v) is 9.16. The maximum absolute atomic E-state index is 6.24. The van der Waals surface area contributed by atoms with Gasteiger partial charge in [-0.3, -0.25) is 0 Å². The third-order valence-corrected chi connectivity index (χ3v) is 3.44. The van der Waals surface area contributed by atoms with Crippen molar-refractivity contribution in [2.24, 2.45) is 4.99 Å². The zero-order valence-electron chi connectivity index (χ0n) is 9.16. The lowest BCUT2D eigenvalue weighted by molar-refractivity contribution is 0.104. The molecule has 0 N–H and O–H groups in total. The van der Waals surface area contributed by atoms with Crippen LogP contribution in [-0.2, 0) is 4.74 Å². The third-order valence-electron chi connectivity index (χ3n) is 3.44. The molecule has 0 bridgehead atoms. The van der Waals surface area contributed by atoms with E-state index in [-0.39, 0.29) is 11.4 Å². The number of likely N-dealkylation sites (N-methyl/N-ethyl adjacent to an activating group) is 1. The third kappa shape index (κ3) is 1.32. The Bertz CT molecular complexity index is 265. The van der Waals surface area contributed by atoms with Crippen molar-refractivity contribution in [3.63, 3.8) is 0 Å². The molecule has 1 heterocycles. The van der Waals surface area contributed by atoms with Crippen LogP contribution in [0.3, 0.4) is 0 Å². The Morgan fingerprint density at radius 2 is 2.36 bits per heavy atom. The van der Waals surface area contributed by atoms with Crippen LogP contribution in [0.25, 0.3) is 0 Å². The van der Waals surface area contributed by atoms with E-state index in [1.807, 2.05) is 7.05 Å². The van der Waals surface area contributed by atoms with Crippen LogP contribution < -0.4 is 0 Å². The number of aliphatic imine (C=N–C) groups is 1. The van der Waals surface area contributed by atoms with Crippen molar-refractivity contribution in [2.45, 2.75) is 43.6 Å². The molecule has 2 rings (SSSR count). The molecule has 0 aromatic carbocycles. The van der Waals surface area contributed by atoms with E-state index in [2.05, 4.69) is 16.8 Å². The largest absolute Gasteiger partial charge is 0.460 e. The Morgan fingerprint density at radius 3 is 2.93 bits per heavy atom. The van der Waals surface area contributed by atoms with Crippen LogP contribution in [0.1, 0.15) is 26.2 Å². The Hall–Kier alpha value is -0.665. The highest BCUT2D eigenvalue weighted by molar-refractivity contribution is 6.15. The van der Waals surface area contributed by atoms with Gasteiger partial charge in [-0.05, 0) is 11.7 Å². The first-order valence-corrected chi connectivity index (χ1v) is 5.21. The van der Waals surface area contributed by atoms with E-state index in [0.29, 0.717) is 6.04 Å². The molecule has 0 aromatic rings. The minimum absolute atomic E-state index is 0.111. The van der Waals surface area contributed by atoms with Gasteiger partial charge in [-0.25, -0.2) is 4.99 Å². The van der Waals surface area contributed by atoms with E-state index in [0.717, 1.165) is 18.9 Å². The van der Waals surface area contributed by atoms with Crippen LogP contribution in [0.15, 0.2) is 4.99 Å². The smallest absolute Gasteiger partial charge is 0.287 e. The van der Waals surface area contributed by atoms with Crippen molar-refractivity contribution in [2.75, 3.05) is 14.1 Å². The van der Waals surface area contributed by atoms with Crippen molar-refractivity contribution in [1.29, 1.82) is 0 Å². The van der Waals surface area contributed by atoms with Crippen molar-refractivity contribution < 1.29 is 4.74 Å². The summed E-state index contributed by atoms with van der Waals surface area (Å²) in [4.78, 5) is 6.24. The second-order valence-electron chi connectivity index (χ2n) is 4.62. The maximum Gasteiger partial charge on any atom is 0.287 e. The Labute approximate surface area is 86.9 Å². The standard InChI is InChI=1S/C10H17BN2O/c1-10(11)6-4-5-7-8(10)14-9(12-2)13(7)3/h7-8H,4-6H2,1-3H3. The predicted octanol–water partition coefficient (Wildman–Crippen LogP) is 1.20. The molecule has 1 aliphatic carbocycles. The molecule has 0 amide bonds. The van der Waals surface area contributed by atoms with Gasteiger partial charge in [0.15, 0.2) is 0 Å². The number of ether oxygens (including phenoxy) is 1. The lowest BCUT2D eigenvalue weighted by atomic mass is 9.58. The van der Waals surface area contributed by atoms with Gasteiger partial charge in [0.1, 0.15) is 6.10 Å². The highest BCUT2D eigenvalue weighted by atomic mass is 16.5. The SMILES string of the molecule is [B]C1(C)CCCC2C1OC(=NC)N2C. The quantitative estimate of drug-likeness (QED) is 0.538. The fraction of sp³-hybridized carbons (Fsp3) is 0.900. The van der Waals surface area contributed by atoms with Gasteiger partial charge in [-0.1, -0.05) is 19.8 Å². The molecule has 1 saturated carbocycles. The minimum atomic E-state index is -0.205. The maximum atomic E-state index is 6.24. The van der Waals surface area contributed by atoms with E-state index in [4.69, 9.17) is 12.6 Å². The molecule has 1 saturated heterocycles. The summed E-state index contributed by atoms with van der Waals surface area (Å²) in [7, 11) is 10.0. The molecule has 4 heteroatoms. The summed E-state index contributed by atoms with van der Waals surface area (Å²) in [6, 6.07) is 1.15. The van der Waals surface area contributed by atoms with Crippen LogP contribution in [-0.4, -0.2) is 45.0 Å². The summed E-state index contributed by atoms with van der Waals surface area (Å²) >= 11 is 0. The second kappa shape index (κ2) is 3.18. The summed E-state index contributed by atoms with van der Waals surface area (Å²) in [6.07, 6.45) is 3.49. The molecule has 2 aliphatic rings. The van der Waals surface area contributed by atoms with E-state index in [9.17, 15) is 0 Å². The summed E-state index contributed by atoms with van der Waals surface area (Å²) in [6.45, 7) is 2.08. The van der Waals surface area contributed by atoms with E-state index in [1.165, 1.54) is 6.42 Å². The molecule has 2 radical (unpaired) electrons. The first-order chi connectivity index (χ1) is 6.56. The number of hydrogen-bond acceptors (Lipinski definition) is 2. The first kappa shape index (κ1) is 9.87. The first-order valence-electron chi connectivity index (χ1n) is 5.21. The Kier molecular flexibility index (Phi) is 2.24. The fourth-order valence-electron chi connectivity index (χ4n) is 2.58. The number of nitrogens with zero attached hydrogens (tertiary/aromatic N) is 2. The fourth-order valence-corrected chi connectivity index (χ4v) is 2.58. The molecule has 0 aromatic heterocycles. The summed E-state index contributed by atoms with van der Waals surface area (Å²) in [5.41, 5.74) is 0. The average molecular weight is 192 g/mol. The predicted molar refractivity (Wildman–Crippen MR) is 57.8 cm³/mol. The summed E-state index contributed by atoms with van der Waals surface area (Å²) < 4.78 is 5.79. The molecule has 1 aliphatic heterocycles. The zero-order chi connectivity index (χ0) is 10.3. The van der Waals surface area contributed by atoms with Crippen molar-refractivity contribution >= 4 is 13.9 Å². The Balaban J connectivity index is 2.25. The van der Waals surface area contributed by atoms with Gasteiger partial charge in [0.25, 0.3) is 6.02 Å². The molecule has 3 atom stereocenters. The number of fused-ring (bicyclic) bond motifs is 1. The molecule has 76 valence electrons. The van der Waals surface area contributed by atoms with Crippen molar-refractivity contribution in [3.8, 4) is 0 Å². The molecule has 3 nitrogen and oxygen atoms in total. The van der Waals surface area contributed by atoms with Crippen LogP contribution in [0.5, 0.6) is 0 Å². The highest BCUT2D eigenvalue weighted by Gasteiger charge is 2.48. The van der Waals surface area contributed by atoms with Crippen LogP contribution in [0.2, 0.25) is 5.31 Å². The number of rotatable bonds is 0. The van der Waals surface area contributed by atoms with Crippen molar-refractivity contribution in [3.05, 3.63) is 0 Å². The van der Waals surface area contributed by atoms with Gasteiger partial charge >= 0.3 is 0 Å². The molecule has 2 fully saturated rings. The van der Waals surface area contributed by atoms with Crippen molar-refractivity contribution in [1.82, 2.24) is 4.90 Å². The monoisotopic (exact) mass is 192 g/mol. The average Bonchev–Trinajstić information content (AvgIpc) is 2.45. The topological polar surface area (TPSA) is 24.8 Å². The minimum Gasteiger partial charge on any atom is -0.460 e. The highest BCUT2D eigenvalue weighted by Crippen LogP contribution is 2.45. The van der Waals surface area contributed by atoms with E-state index in [1.54, 1.807) is 7.05 Å². The normalized spacial score (nSPS) is 45.1.